The van der Waals surface area contributed by atoms with Crippen molar-refractivity contribution in [3.8, 4) is 17.2 Å². The van der Waals surface area contributed by atoms with Gasteiger partial charge in [-0.15, -0.1) is 5.10 Å². The second kappa shape index (κ2) is 6.34. The molecule has 0 aliphatic heterocycles. The van der Waals surface area contributed by atoms with Crippen LogP contribution in [-0.2, 0) is 22.3 Å². The van der Waals surface area contributed by atoms with Crippen LogP contribution in [0.5, 0.6) is 0 Å². The fourth-order valence-corrected chi connectivity index (χ4v) is 2.06. The van der Waals surface area contributed by atoms with Gasteiger partial charge in [0, 0.05) is 18.6 Å². The minimum absolute atomic E-state index is 0.0707. The van der Waals surface area contributed by atoms with E-state index in [1.807, 2.05) is 0 Å². The number of nitrogens with zero attached hydrogens (tertiary/aromatic N) is 6. The zero-order chi connectivity index (χ0) is 18.0. The van der Waals surface area contributed by atoms with Crippen LogP contribution in [0.1, 0.15) is 5.56 Å². The van der Waals surface area contributed by atoms with Gasteiger partial charge in [-0.3, -0.25) is 4.79 Å². The van der Waals surface area contributed by atoms with Gasteiger partial charge in [-0.1, -0.05) is 0 Å². The molecular weight excluding hydrogens is 341 g/mol. The molecule has 0 amide bonds. The summed E-state index contributed by atoms with van der Waals surface area (Å²) in [4.78, 5) is 23.0. The highest BCUT2D eigenvalue weighted by Gasteiger charge is 2.32. The lowest BCUT2D eigenvalue weighted by molar-refractivity contribution is -0.141. The van der Waals surface area contributed by atoms with Gasteiger partial charge in [-0.2, -0.15) is 13.2 Å². The first-order chi connectivity index (χ1) is 11.9. The van der Waals surface area contributed by atoms with Gasteiger partial charge >= 0.3 is 12.1 Å². The van der Waals surface area contributed by atoms with Gasteiger partial charge in [0.1, 0.15) is 18.6 Å². The molecule has 0 radical (unpaired) electrons. The molecule has 0 N–H and O–H groups in total. The topological polar surface area (TPSA) is 87.7 Å². The molecule has 3 aromatic rings. The second-order valence-electron chi connectivity index (χ2n) is 4.90. The van der Waals surface area contributed by atoms with Crippen LogP contribution in [-0.4, -0.2) is 42.4 Å². The van der Waals surface area contributed by atoms with Crippen LogP contribution in [0.3, 0.4) is 0 Å². The molecule has 0 aromatic carbocycles. The normalized spacial score (nSPS) is 11.5. The maximum Gasteiger partial charge on any atom is 0.417 e. The van der Waals surface area contributed by atoms with Crippen molar-refractivity contribution in [1.82, 2.24) is 29.3 Å². The van der Waals surface area contributed by atoms with Gasteiger partial charge in [0.25, 0.3) is 0 Å². The van der Waals surface area contributed by atoms with E-state index in [1.54, 1.807) is 0 Å². The summed E-state index contributed by atoms with van der Waals surface area (Å²) < 4.78 is 46.0. The van der Waals surface area contributed by atoms with E-state index in [2.05, 4.69) is 24.8 Å². The Balaban J connectivity index is 2.05. The molecule has 11 heteroatoms. The Hall–Kier alpha value is -3.24. The van der Waals surface area contributed by atoms with Crippen molar-refractivity contribution in [3.63, 3.8) is 0 Å². The van der Waals surface area contributed by atoms with Gasteiger partial charge in [-0.05, 0) is 6.07 Å². The summed E-state index contributed by atoms with van der Waals surface area (Å²) in [6, 6.07) is 0.936. The van der Waals surface area contributed by atoms with Crippen LogP contribution in [0.25, 0.3) is 17.2 Å². The predicted octanol–water partition coefficient (Wildman–Crippen LogP) is 1.72. The largest absolute Gasteiger partial charge is 0.468 e. The van der Waals surface area contributed by atoms with E-state index < -0.39 is 17.7 Å². The van der Waals surface area contributed by atoms with E-state index in [0.717, 1.165) is 6.07 Å². The number of rotatable bonds is 4. The number of halogens is 3. The van der Waals surface area contributed by atoms with Crippen LogP contribution in [0, 0.1) is 0 Å². The molecule has 0 fully saturated rings. The average Bonchev–Trinajstić information content (AvgIpc) is 3.25. The molecule has 0 atom stereocenters. The van der Waals surface area contributed by atoms with Crippen molar-refractivity contribution in [1.29, 1.82) is 0 Å². The predicted molar refractivity (Wildman–Crippen MR) is 77.4 cm³/mol. The molecular formula is C14H11F3N6O2. The standard InChI is InChI=1S/C14H11F3N6O2/c1-25-11(24)6-23-8-20-13(21-23)12-10(22-3-2-18-7-22)4-9(5-19-12)14(15,16)17/h2-5,7-8H,6H2,1H3. The minimum Gasteiger partial charge on any atom is -0.468 e. The Bertz CT molecular complexity index is 888. The summed E-state index contributed by atoms with van der Waals surface area (Å²) in [6.07, 6.45) is 1.67. The lowest BCUT2D eigenvalue weighted by Crippen LogP contribution is -2.12. The van der Waals surface area contributed by atoms with Crippen LogP contribution in [0.4, 0.5) is 13.2 Å². The van der Waals surface area contributed by atoms with Gasteiger partial charge in [-0.25, -0.2) is 19.6 Å². The third-order valence-electron chi connectivity index (χ3n) is 3.24. The van der Waals surface area contributed by atoms with E-state index in [9.17, 15) is 18.0 Å². The summed E-state index contributed by atoms with van der Waals surface area (Å²) in [5, 5.41) is 4.06. The number of methoxy groups -OCH3 is 1. The molecule has 130 valence electrons. The lowest BCUT2D eigenvalue weighted by atomic mass is 10.2. The van der Waals surface area contributed by atoms with E-state index in [0.29, 0.717) is 6.20 Å². The maximum absolute atomic E-state index is 13.0. The summed E-state index contributed by atoms with van der Waals surface area (Å²) in [6.45, 7) is -0.176. The molecule has 3 rings (SSSR count). The van der Waals surface area contributed by atoms with Gasteiger partial charge in [0.05, 0.1) is 24.7 Å². The fraction of sp³-hybridized carbons (Fsp3) is 0.214. The van der Waals surface area contributed by atoms with Crippen LogP contribution in [0.15, 0.2) is 37.3 Å². The molecule has 3 heterocycles. The monoisotopic (exact) mass is 352 g/mol. The number of hydrogen-bond donors (Lipinski definition) is 0. The highest BCUT2D eigenvalue weighted by Crippen LogP contribution is 2.32. The number of aromatic nitrogens is 6. The first kappa shape index (κ1) is 16.6. The number of carbonyl (C=O) groups is 1. The highest BCUT2D eigenvalue weighted by molar-refractivity contribution is 5.69. The van der Waals surface area contributed by atoms with Crippen molar-refractivity contribution < 1.29 is 22.7 Å². The molecule has 0 saturated carbocycles. The van der Waals surface area contributed by atoms with Crippen molar-refractivity contribution in [2.75, 3.05) is 7.11 Å². The Morgan fingerprint density at radius 2 is 2.08 bits per heavy atom. The lowest BCUT2D eigenvalue weighted by Gasteiger charge is -2.11. The highest BCUT2D eigenvalue weighted by atomic mass is 19.4. The number of hydrogen-bond acceptors (Lipinski definition) is 6. The number of pyridine rings is 1. The Labute approximate surface area is 138 Å². The SMILES string of the molecule is COC(=O)Cn1cnc(-c2ncc(C(F)(F)F)cc2-n2ccnc2)n1. The Morgan fingerprint density at radius 3 is 2.72 bits per heavy atom. The van der Waals surface area contributed by atoms with E-state index >= 15 is 0 Å². The third kappa shape index (κ3) is 3.49. The smallest absolute Gasteiger partial charge is 0.417 e. The van der Waals surface area contributed by atoms with Gasteiger partial charge in [0.15, 0.2) is 0 Å². The molecule has 0 spiro atoms. The van der Waals surface area contributed by atoms with Gasteiger partial charge in [0.2, 0.25) is 5.82 Å². The summed E-state index contributed by atoms with van der Waals surface area (Å²) in [5.74, 6) is -0.465. The van der Waals surface area contributed by atoms with Crippen LogP contribution < -0.4 is 0 Å². The van der Waals surface area contributed by atoms with Crippen molar-refractivity contribution in [2.24, 2.45) is 0 Å². The fourth-order valence-electron chi connectivity index (χ4n) is 2.06. The van der Waals surface area contributed by atoms with Crippen molar-refractivity contribution in [3.05, 3.63) is 42.9 Å². The molecule has 0 saturated heterocycles. The van der Waals surface area contributed by atoms with E-state index in [-0.39, 0.29) is 23.8 Å². The third-order valence-corrected chi connectivity index (χ3v) is 3.24. The quantitative estimate of drug-likeness (QED) is 0.665. The first-order valence-corrected chi connectivity index (χ1v) is 6.90. The van der Waals surface area contributed by atoms with E-state index in [1.165, 1.54) is 41.4 Å². The zero-order valence-electron chi connectivity index (χ0n) is 12.8. The molecule has 0 aliphatic rings. The summed E-state index contributed by atoms with van der Waals surface area (Å²) in [5.41, 5.74) is -0.674. The maximum atomic E-state index is 13.0. The number of carbonyl (C=O) groups excluding carboxylic acids is 1. The van der Waals surface area contributed by atoms with E-state index in [4.69, 9.17) is 0 Å². The second-order valence-corrected chi connectivity index (χ2v) is 4.90. The van der Waals surface area contributed by atoms with Crippen LogP contribution in [0.2, 0.25) is 0 Å². The molecule has 3 aromatic heterocycles. The Kier molecular flexibility index (Phi) is 4.21. The Morgan fingerprint density at radius 1 is 1.28 bits per heavy atom. The number of alkyl halides is 3. The zero-order valence-corrected chi connectivity index (χ0v) is 12.8. The number of esters is 1. The van der Waals surface area contributed by atoms with Gasteiger partial charge < -0.3 is 9.30 Å². The first-order valence-electron chi connectivity index (χ1n) is 6.90. The van der Waals surface area contributed by atoms with Crippen molar-refractivity contribution in [2.45, 2.75) is 12.7 Å². The average molecular weight is 352 g/mol. The van der Waals surface area contributed by atoms with Crippen molar-refractivity contribution >= 4 is 5.97 Å². The number of imidazole rings is 1. The molecule has 0 aliphatic carbocycles. The van der Waals surface area contributed by atoms with Crippen LogP contribution >= 0.6 is 0 Å². The summed E-state index contributed by atoms with van der Waals surface area (Å²) in [7, 11) is 1.23. The summed E-state index contributed by atoms with van der Waals surface area (Å²) >= 11 is 0. The molecule has 25 heavy (non-hydrogen) atoms. The molecule has 0 bridgehead atoms. The number of ether oxygens (including phenoxy) is 1. The molecule has 8 nitrogen and oxygen atoms in total. The minimum atomic E-state index is -4.54. The molecule has 0 unspecified atom stereocenters.